The van der Waals surface area contributed by atoms with Crippen molar-refractivity contribution in [3.63, 3.8) is 0 Å². The number of benzene rings is 2. The minimum absolute atomic E-state index is 0.0944. The van der Waals surface area contributed by atoms with Crippen LogP contribution in [-0.2, 0) is 11.2 Å². The van der Waals surface area contributed by atoms with Crippen LogP contribution in [0.2, 0.25) is 5.02 Å². The van der Waals surface area contributed by atoms with Crippen molar-refractivity contribution in [2.24, 2.45) is 0 Å². The Kier molecular flexibility index (Phi) is 7.27. The molecule has 0 spiro atoms. The lowest BCUT2D eigenvalue weighted by atomic mass is 10.1. The Balaban J connectivity index is 1.37. The van der Waals surface area contributed by atoms with Gasteiger partial charge in [0, 0.05) is 11.6 Å². The zero-order chi connectivity index (χ0) is 19.6. The van der Waals surface area contributed by atoms with Crippen molar-refractivity contribution < 1.29 is 9.53 Å². The quantitative estimate of drug-likeness (QED) is 0.511. The molecule has 144 valence electrons. The third-order valence-corrected chi connectivity index (χ3v) is 4.28. The van der Waals surface area contributed by atoms with E-state index in [1.165, 1.54) is 5.56 Å². The van der Waals surface area contributed by atoms with Crippen LogP contribution >= 0.6 is 11.6 Å². The third-order valence-electron chi connectivity index (χ3n) is 4.03. The van der Waals surface area contributed by atoms with E-state index in [1.807, 2.05) is 12.1 Å². The summed E-state index contributed by atoms with van der Waals surface area (Å²) in [6.45, 7) is 0.764. The second-order valence-corrected chi connectivity index (χ2v) is 6.68. The summed E-state index contributed by atoms with van der Waals surface area (Å²) in [5.74, 6) is 0.799. The van der Waals surface area contributed by atoms with Crippen LogP contribution < -0.4 is 15.4 Å². The van der Waals surface area contributed by atoms with Crippen molar-refractivity contribution in [1.29, 1.82) is 0 Å². The molecular weight excluding hydrogens is 374 g/mol. The zero-order valence-electron chi connectivity index (χ0n) is 15.4. The maximum Gasteiger partial charge on any atom is 0.263 e. The molecule has 6 heteroatoms. The van der Waals surface area contributed by atoms with Crippen molar-refractivity contribution in [2.45, 2.75) is 12.8 Å². The molecule has 1 aromatic heterocycles. The lowest BCUT2D eigenvalue weighted by Gasteiger charge is -2.09. The van der Waals surface area contributed by atoms with Crippen LogP contribution in [0.15, 0.2) is 72.9 Å². The van der Waals surface area contributed by atoms with E-state index in [1.54, 1.807) is 36.5 Å². The first-order valence-corrected chi connectivity index (χ1v) is 9.49. The number of ether oxygens (including phenoxy) is 1. The Morgan fingerprint density at radius 2 is 1.79 bits per heavy atom. The molecule has 0 aliphatic heterocycles. The van der Waals surface area contributed by atoms with Gasteiger partial charge in [0.1, 0.15) is 11.6 Å². The van der Waals surface area contributed by atoms with Crippen LogP contribution in [0.25, 0.3) is 0 Å². The molecule has 1 heterocycles. The number of nitrogens with zero attached hydrogens (tertiary/aromatic N) is 1. The highest BCUT2D eigenvalue weighted by molar-refractivity contribution is 6.30. The molecule has 0 radical (unpaired) electrons. The maximum atomic E-state index is 12.0. The fourth-order valence-corrected chi connectivity index (χ4v) is 2.73. The van der Waals surface area contributed by atoms with Gasteiger partial charge in [-0.15, -0.1) is 0 Å². The number of hydrogen-bond donors (Lipinski definition) is 2. The molecule has 5 nitrogen and oxygen atoms in total. The zero-order valence-corrected chi connectivity index (χ0v) is 16.2. The molecule has 0 aliphatic rings. The average Bonchev–Trinajstić information content (AvgIpc) is 2.73. The highest BCUT2D eigenvalue weighted by Crippen LogP contribution is 2.15. The van der Waals surface area contributed by atoms with Crippen molar-refractivity contribution in [1.82, 2.24) is 4.98 Å². The molecule has 0 saturated carbocycles. The largest absolute Gasteiger partial charge is 0.484 e. The number of carbonyl (C=O) groups excluding carboxylic acids is 1. The van der Waals surface area contributed by atoms with E-state index in [0.717, 1.165) is 25.1 Å². The summed E-state index contributed by atoms with van der Waals surface area (Å²) in [7, 11) is 0. The number of nitrogens with one attached hydrogen (secondary N) is 2. The Morgan fingerprint density at radius 1 is 1.00 bits per heavy atom. The minimum Gasteiger partial charge on any atom is -0.484 e. The predicted octanol–water partition coefficient (Wildman–Crippen LogP) is 4.80. The fraction of sp³-hybridized carbons (Fsp3) is 0.182. The first kappa shape index (κ1) is 19.7. The van der Waals surface area contributed by atoms with Crippen LogP contribution in [0.1, 0.15) is 12.0 Å². The summed E-state index contributed by atoms with van der Waals surface area (Å²) in [5, 5.41) is 6.67. The molecule has 2 N–H and O–H groups in total. The summed E-state index contributed by atoms with van der Waals surface area (Å²) in [4.78, 5) is 16.2. The summed E-state index contributed by atoms with van der Waals surface area (Å²) in [6.07, 6.45) is 3.77. The lowest BCUT2D eigenvalue weighted by molar-refractivity contribution is -0.118. The second kappa shape index (κ2) is 10.3. The fourth-order valence-electron chi connectivity index (χ4n) is 2.60. The first-order chi connectivity index (χ1) is 13.7. The maximum absolute atomic E-state index is 12.0. The average molecular weight is 396 g/mol. The van der Waals surface area contributed by atoms with Crippen LogP contribution in [0.4, 0.5) is 11.5 Å². The summed E-state index contributed by atoms with van der Waals surface area (Å²) >= 11 is 5.81. The Hall–Kier alpha value is -3.05. The van der Waals surface area contributed by atoms with Gasteiger partial charge in [-0.2, -0.15) is 0 Å². The van der Waals surface area contributed by atoms with Crippen molar-refractivity contribution in [2.75, 3.05) is 23.8 Å². The van der Waals surface area contributed by atoms with E-state index in [2.05, 4.69) is 39.9 Å². The molecule has 0 bridgehead atoms. The molecule has 0 aliphatic carbocycles. The van der Waals surface area contributed by atoms with Crippen LogP contribution in [0, 0.1) is 0 Å². The highest BCUT2D eigenvalue weighted by atomic mass is 35.5. The van der Waals surface area contributed by atoms with E-state index in [0.29, 0.717) is 16.6 Å². The van der Waals surface area contributed by atoms with Crippen LogP contribution in [0.3, 0.4) is 0 Å². The molecule has 28 heavy (non-hydrogen) atoms. The number of aryl methyl sites for hydroxylation is 1. The number of carbonyl (C=O) groups is 1. The summed E-state index contributed by atoms with van der Waals surface area (Å²) < 4.78 is 5.41. The van der Waals surface area contributed by atoms with E-state index >= 15 is 0 Å². The normalized spacial score (nSPS) is 10.3. The van der Waals surface area contributed by atoms with Crippen molar-refractivity contribution in [3.8, 4) is 5.75 Å². The van der Waals surface area contributed by atoms with Gasteiger partial charge in [-0.3, -0.25) is 4.79 Å². The summed E-state index contributed by atoms with van der Waals surface area (Å²) in [6, 6.07) is 20.9. The minimum atomic E-state index is -0.272. The molecule has 0 fully saturated rings. The van der Waals surface area contributed by atoms with Gasteiger partial charge in [0.25, 0.3) is 5.91 Å². The van der Waals surface area contributed by atoms with Crippen LogP contribution in [-0.4, -0.2) is 24.0 Å². The third kappa shape index (κ3) is 6.59. The Bertz CT molecular complexity index is 869. The van der Waals surface area contributed by atoms with Gasteiger partial charge in [0.05, 0.1) is 11.9 Å². The molecule has 3 rings (SSSR count). The van der Waals surface area contributed by atoms with E-state index in [-0.39, 0.29) is 12.5 Å². The van der Waals surface area contributed by atoms with E-state index < -0.39 is 0 Å². The van der Waals surface area contributed by atoms with Crippen LogP contribution in [0.5, 0.6) is 5.75 Å². The van der Waals surface area contributed by atoms with Gasteiger partial charge < -0.3 is 15.4 Å². The first-order valence-electron chi connectivity index (χ1n) is 9.11. The molecule has 1 amide bonds. The van der Waals surface area contributed by atoms with E-state index in [4.69, 9.17) is 16.3 Å². The number of amides is 1. The SMILES string of the molecule is O=C(COc1ccc(Cl)cc1)Nc1ccc(NCCCc2ccccc2)cn1. The monoisotopic (exact) mass is 395 g/mol. The van der Waals surface area contributed by atoms with Crippen molar-refractivity contribution >= 4 is 29.0 Å². The Morgan fingerprint density at radius 3 is 2.50 bits per heavy atom. The standard InChI is InChI=1S/C22H22ClN3O2/c23-18-8-11-20(12-9-18)28-16-22(27)26-21-13-10-19(15-25-21)24-14-4-7-17-5-2-1-3-6-17/h1-3,5-6,8-13,15,24H,4,7,14,16H2,(H,25,26,27). The number of aromatic nitrogens is 1. The second-order valence-electron chi connectivity index (χ2n) is 6.24. The number of halogens is 1. The smallest absolute Gasteiger partial charge is 0.263 e. The number of pyridine rings is 1. The van der Waals surface area contributed by atoms with Gasteiger partial charge in [-0.05, 0) is 54.8 Å². The number of hydrogen-bond acceptors (Lipinski definition) is 4. The van der Waals surface area contributed by atoms with Gasteiger partial charge in [0.15, 0.2) is 6.61 Å². The lowest BCUT2D eigenvalue weighted by Crippen LogP contribution is -2.20. The molecule has 3 aromatic rings. The van der Waals surface area contributed by atoms with Gasteiger partial charge in [-0.25, -0.2) is 4.98 Å². The van der Waals surface area contributed by atoms with Gasteiger partial charge >= 0.3 is 0 Å². The molecule has 0 atom stereocenters. The van der Waals surface area contributed by atoms with E-state index in [9.17, 15) is 4.79 Å². The molecule has 0 saturated heterocycles. The molecule has 2 aromatic carbocycles. The number of anilines is 2. The van der Waals surface area contributed by atoms with Gasteiger partial charge in [-0.1, -0.05) is 41.9 Å². The summed E-state index contributed by atoms with van der Waals surface area (Å²) in [5.41, 5.74) is 2.25. The topological polar surface area (TPSA) is 63.2 Å². The van der Waals surface area contributed by atoms with Crippen molar-refractivity contribution in [3.05, 3.63) is 83.5 Å². The molecule has 0 unspecified atom stereocenters. The van der Waals surface area contributed by atoms with Gasteiger partial charge in [0.2, 0.25) is 0 Å². The highest BCUT2D eigenvalue weighted by Gasteiger charge is 2.05. The predicted molar refractivity (Wildman–Crippen MR) is 113 cm³/mol. The molecular formula is C22H22ClN3O2. The Labute approximate surface area is 169 Å². The number of rotatable bonds is 9.